The highest BCUT2D eigenvalue weighted by Gasteiger charge is 2.19. The van der Waals surface area contributed by atoms with E-state index in [9.17, 15) is 4.79 Å². The first-order valence-electron chi connectivity index (χ1n) is 6.94. The Morgan fingerprint density at radius 2 is 2.16 bits per heavy atom. The molecule has 1 amide bonds. The lowest BCUT2D eigenvalue weighted by molar-refractivity contribution is -0.125. The molecular weight excluding hydrogens is 240 g/mol. The number of aromatic nitrogens is 2. The van der Waals surface area contributed by atoms with Crippen LogP contribution in [0.3, 0.4) is 0 Å². The monoisotopic (exact) mass is 266 g/mol. The van der Waals surface area contributed by atoms with Gasteiger partial charge in [0.15, 0.2) is 0 Å². The molecule has 1 heterocycles. The number of nitrogens with zero attached hydrogens (tertiary/aromatic N) is 2. The van der Waals surface area contributed by atoms with E-state index < -0.39 is 0 Å². The number of nitrogens with two attached hydrogens (primary N) is 1. The van der Waals surface area contributed by atoms with E-state index in [2.05, 4.69) is 16.5 Å². The molecule has 3 N–H and O–H groups in total. The molecule has 0 aliphatic heterocycles. The minimum Gasteiger partial charge on any atom is -0.356 e. The average Bonchev–Trinajstić information content (AvgIpc) is 2.64. The Hall–Kier alpha value is -1.36. The lowest BCUT2D eigenvalue weighted by Crippen LogP contribution is -2.38. The van der Waals surface area contributed by atoms with Crippen molar-refractivity contribution in [2.24, 2.45) is 17.6 Å². The molecule has 1 rings (SSSR count). The molecule has 1 atom stereocenters. The Labute approximate surface area is 115 Å². The molecule has 19 heavy (non-hydrogen) atoms. The molecule has 1 aromatic rings. The molecule has 0 aliphatic rings. The average molecular weight is 266 g/mol. The van der Waals surface area contributed by atoms with Gasteiger partial charge in [0.25, 0.3) is 0 Å². The van der Waals surface area contributed by atoms with Gasteiger partial charge in [-0.05, 0) is 32.3 Å². The van der Waals surface area contributed by atoms with Gasteiger partial charge in [-0.25, -0.2) is 0 Å². The second-order valence-corrected chi connectivity index (χ2v) is 5.38. The molecule has 0 aliphatic carbocycles. The Kier molecular flexibility index (Phi) is 6.02. The molecule has 0 radical (unpaired) electrons. The van der Waals surface area contributed by atoms with Crippen molar-refractivity contribution < 1.29 is 4.79 Å². The molecule has 0 spiro atoms. The van der Waals surface area contributed by atoms with Crippen molar-refractivity contribution in [2.75, 3.05) is 13.1 Å². The lowest BCUT2D eigenvalue weighted by atomic mass is 9.95. The van der Waals surface area contributed by atoms with Crippen molar-refractivity contribution in [2.45, 2.75) is 40.7 Å². The summed E-state index contributed by atoms with van der Waals surface area (Å²) in [5.74, 6) is 0.251. The van der Waals surface area contributed by atoms with Gasteiger partial charge in [-0.1, -0.05) is 13.8 Å². The summed E-state index contributed by atoms with van der Waals surface area (Å²) in [6.45, 7) is 9.97. The number of aryl methyl sites for hydroxylation is 3. The lowest BCUT2D eigenvalue weighted by Gasteiger charge is -2.18. The van der Waals surface area contributed by atoms with Crippen LogP contribution in [0.1, 0.15) is 31.7 Å². The van der Waals surface area contributed by atoms with Gasteiger partial charge in [0.2, 0.25) is 5.91 Å². The number of hydrogen-bond acceptors (Lipinski definition) is 3. The van der Waals surface area contributed by atoms with Gasteiger partial charge in [0.05, 0.1) is 11.6 Å². The maximum atomic E-state index is 11.9. The predicted molar refractivity (Wildman–Crippen MR) is 76.7 cm³/mol. The summed E-state index contributed by atoms with van der Waals surface area (Å²) in [4.78, 5) is 11.9. The number of nitrogens with one attached hydrogen (secondary N) is 1. The number of rotatable bonds is 7. The summed E-state index contributed by atoms with van der Waals surface area (Å²) < 4.78 is 1.98. The van der Waals surface area contributed by atoms with Crippen molar-refractivity contribution >= 4 is 5.91 Å². The van der Waals surface area contributed by atoms with E-state index >= 15 is 0 Å². The zero-order valence-electron chi connectivity index (χ0n) is 12.4. The van der Waals surface area contributed by atoms with Crippen molar-refractivity contribution in [1.82, 2.24) is 15.1 Å². The highest BCUT2D eigenvalue weighted by atomic mass is 16.1. The van der Waals surface area contributed by atoms with Gasteiger partial charge in [0, 0.05) is 25.3 Å². The summed E-state index contributed by atoms with van der Waals surface area (Å²) in [5.41, 5.74) is 7.81. The predicted octanol–water partition coefficient (Wildman–Crippen LogP) is 1.24. The first-order chi connectivity index (χ1) is 8.95. The van der Waals surface area contributed by atoms with Crippen molar-refractivity contribution in [3.63, 3.8) is 0 Å². The van der Waals surface area contributed by atoms with E-state index in [0.29, 0.717) is 13.1 Å². The number of amides is 1. The molecule has 5 heteroatoms. The van der Waals surface area contributed by atoms with Crippen LogP contribution in [0.4, 0.5) is 0 Å². The zero-order valence-corrected chi connectivity index (χ0v) is 12.4. The molecule has 108 valence electrons. The van der Waals surface area contributed by atoms with E-state index in [0.717, 1.165) is 24.4 Å². The Bertz CT molecular complexity index is 412. The third-order valence-electron chi connectivity index (χ3n) is 3.34. The second-order valence-electron chi connectivity index (χ2n) is 5.38. The SMILES string of the molecule is Cc1cc(C)n(CCCNC(=O)C(CN)C(C)C)n1. The number of carbonyl (C=O) groups excluding carboxylic acids is 1. The van der Waals surface area contributed by atoms with Crippen molar-refractivity contribution in [1.29, 1.82) is 0 Å². The molecule has 5 nitrogen and oxygen atoms in total. The van der Waals surface area contributed by atoms with Gasteiger partial charge in [-0.15, -0.1) is 0 Å². The quantitative estimate of drug-likeness (QED) is 0.729. The Morgan fingerprint density at radius 3 is 2.63 bits per heavy atom. The summed E-state index contributed by atoms with van der Waals surface area (Å²) in [7, 11) is 0. The van der Waals surface area contributed by atoms with Crippen LogP contribution in [0.5, 0.6) is 0 Å². The fourth-order valence-corrected chi connectivity index (χ4v) is 2.15. The summed E-state index contributed by atoms with van der Waals surface area (Å²) >= 11 is 0. The highest BCUT2D eigenvalue weighted by molar-refractivity contribution is 5.79. The van der Waals surface area contributed by atoms with Crippen LogP contribution in [-0.2, 0) is 11.3 Å². The van der Waals surface area contributed by atoms with Gasteiger partial charge in [-0.2, -0.15) is 5.10 Å². The fourth-order valence-electron chi connectivity index (χ4n) is 2.15. The molecule has 0 aromatic carbocycles. The molecule has 1 aromatic heterocycles. The van der Waals surface area contributed by atoms with E-state index in [-0.39, 0.29) is 17.7 Å². The molecular formula is C14H26N4O. The normalized spacial score (nSPS) is 12.7. The van der Waals surface area contributed by atoms with Gasteiger partial charge < -0.3 is 11.1 Å². The second kappa shape index (κ2) is 7.28. The van der Waals surface area contributed by atoms with E-state index in [4.69, 9.17) is 5.73 Å². The van der Waals surface area contributed by atoms with Crippen LogP contribution >= 0.6 is 0 Å². The third kappa shape index (κ3) is 4.67. The standard InChI is InChI=1S/C14H26N4O/c1-10(2)13(9-15)14(19)16-6-5-7-18-12(4)8-11(3)17-18/h8,10,13H,5-7,9,15H2,1-4H3,(H,16,19). The minimum absolute atomic E-state index is 0.0610. The zero-order chi connectivity index (χ0) is 14.4. The number of carbonyl (C=O) groups is 1. The Morgan fingerprint density at radius 1 is 1.47 bits per heavy atom. The molecule has 1 unspecified atom stereocenters. The van der Waals surface area contributed by atoms with Crippen LogP contribution in [0, 0.1) is 25.7 Å². The highest BCUT2D eigenvalue weighted by Crippen LogP contribution is 2.09. The smallest absolute Gasteiger partial charge is 0.224 e. The Balaban J connectivity index is 2.31. The van der Waals surface area contributed by atoms with Gasteiger partial charge in [-0.3, -0.25) is 9.48 Å². The first kappa shape index (κ1) is 15.7. The largest absolute Gasteiger partial charge is 0.356 e. The molecule has 0 saturated heterocycles. The van der Waals surface area contributed by atoms with Crippen LogP contribution in [0.25, 0.3) is 0 Å². The third-order valence-corrected chi connectivity index (χ3v) is 3.34. The summed E-state index contributed by atoms with van der Waals surface area (Å²) in [6, 6.07) is 2.06. The van der Waals surface area contributed by atoms with Gasteiger partial charge in [0.1, 0.15) is 0 Å². The van der Waals surface area contributed by atoms with E-state index in [1.54, 1.807) is 0 Å². The maximum absolute atomic E-state index is 11.9. The van der Waals surface area contributed by atoms with Crippen molar-refractivity contribution in [3.8, 4) is 0 Å². The summed E-state index contributed by atoms with van der Waals surface area (Å²) in [5, 5.41) is 7.34. The van der Waals surface area contributed by atoms with E-state index in [1.807, 2.05) is 32.4 Å². The van der Waals surface area contributed by atoms with Crippen LogP contribution in [0.15, 0.2) is 6.07 Å². The first-order valence-corrected chi connectivity index (χ1v) is 6.94. The number of hydrogen-bond donors (Lipinski definition) is 2. The maximum Gasteiger partial charge on any atom is 0.224 e. The van der Waals surface area contributed by atoms with Crippen molar-refractivity contribution in [3.05, 3.63) is 17.5 Å². The van der Waals surface area contributed by atoms with Crippen LogP contribution in [-0.4, -0.2) is 28.8 Å². The van der Waals surface area contributed by atoms with E-state index in [1.165, 1.54) is 0 Å². The van der Waals surface area contributed by atoms with Gasteiger partial charge >= 0.3 is 0 Å². The van der Waals surface area contributed by atoms with Crippen LogP contribution in [0.2, 0.25) is 0 Å². The summed E-state index contributed by atoms with van der Waals surface area (Å²) in [6.07, 6.45) is 0.878. The fraction of sp³-hybridized carbons (Fsp3) is 0.714. The minimum atomic E-state index is -0.0892. The molecule has 0 bridgehead atoms. The topological polar surface area (TPSA) is 72.9 Å². The molecule has 0 fully saturated rings. The molecule has 0 saturated carbocycles. The van der Waals surface area contributed by atoms with Crippen LogP contribution < -0.4 is 11.1 Å².